The molecule has 6 rings (SSSR count). The van der Waals surface area contributed by atoms with Crippen molar-refractivity contribution in [3.63, 3.8) is 0 Å². The first-order valence-electron chi connectivity index (χ1n) is 11.6. The van der Waals surface area contributed by atoms with E-state index < -0.39 is 0 Å². The molecular formula is C30H26O4. The van der Waals surface area contributed by atoms with Gasteiger partial charge >= 0.3 is 0 Å². The summed E-state index contributed by atoms with van der Waals surface area (Å²) in [5.74, 6) is 3.71. The highest BCUT2D eigenvalue weighted by Gasteiger charge is 2.49. The molecule has 0 spiro atoms. The molecule has 4 aromatic carbocycles. The van der Waals surface area contributed by atoms with Gasteiger partial charge in [-0.1, -0.05) is 60.7 Å². The van der Waals surface area contributed by atoms with Gasteiger partial charge in [0.05, 0.1) is 14.2 Å². The minimum Gasteiger partial charge on any atom is -0.497 e. The highest BCUT2D eigenvalue weighted by molar-refractivity contribution is 5.52. The van der Waals surface area contributed by atoms with Crippen molar-refractivity contribution in [2.45, 2.75) is 24.0 Å². The SMILES string of the molecule is COc1ccc([C@@H]2Oc3ccccc3[C@H]2[C@@H]2c3ccccc3O[C@H]2c2ccc(OC)cc2)cc1. The maximum Gasteiger partial charge on any atom is 0.131 e. The molecule has 4 nitrogen and oxygen atoms in total. The van der Waals surface area contributed by atoms with Crippen molar-refractivity contribution in [3.8, 4) is 23.0 Å². The molecule has 0 aliphatic carbocycles. The lowest BCUT2D eigenvalue weighted by Crippen LogP contribution is -2.22. The predicted octanol–water partition coefficient (Wildman–Crippen LogP) is 6.84. The van der Waals surface area contributed by atoms with Crippen LogP contribution >= 0.6 is 0 Å². The molecule has 0 fully saturated rings. The van der Waals surface area contributed by atoms with Crippen molar-refractivity contribution in [1.29, 1.82) is 0 Å². The van der Waals surface area contributed by atoms with Crippen LogP contribution in [0.3, 0.4) is 0 Å². The Morgan fingerprint density at radius 2 is 0.882 bits per heavy atom. The molecule has 0 saturated heterocycles. The Morgan fingerprint density at radius 3 is 1.26 bits per heavy atom. The van der Waals surface area contributed by atoms with E-state index in [1.807, 2.05) is 36.4 Å². The van der Waals surface area contributed by atoms with Crippen molar-refractivity contribution in [2.75, 3.05) is 14.2 Å². The van der Waals surface area contributed by atoms with Crippen LogP contribution in [0.1, 0.15) is 46.3 Å². The number of benzene rings is 4. The fourth-order valence-corrected chi connectivity index (χ4v) is 5.37. The van der Waals surface area contributed by atoms with Crippen LogP contribution in [0.4, 0.5) is 0 Å². The molecule has 0 amide bonds. The van der Waals surface area contributed by atoms with Crippen molar-refractivity contribution < 1.29 is 18.9 Å². The smallest absolute Gasteiger partial charge is 0.131 e. The van der Waals surface area contributed by atoms with Crippen molar-refractivity contribution >= 4 is 0 Å². The molecule has 2 aliphatic heterocycles. The highest BCUT2D eigenvalue weighted by Crippen LogP contribution is 2.60. The topological polar surface area (TPSA) is 36.9 Å². The zero-order valence-electron chi connectivity index (χ0n) is 19.2. The van der Waals surface area contributed by atoms with E-state index in [0.29, 0.717) is 0 Å². The molecule has 34 heavy (non-hydrogen) atoms. The number of ether oxygens (including phenoxy) is 4. The zero-order valence-corrected chi connectivity index (χ0v) is 19.2. The summed E-state index contributed by atoms with van der Waals surface area (Å²) in [5.41, 5.74) is 4.68. The molecule has 170 valence electrons. The molecule has 2 aliphatic rings. The Hall–Kier alpha value is -3.92. The van der Waals surface area contributed by atoms with Crippen LogP contribution in [0.2, 0.25) is 0 Å². The first-order valence-corrected chi connectivity index (χ1v) is 11.6. The lowest BCUT2D eigenvalue weighted by molar-refractivity contribution is 0.145. The lowest BCUT2D eigenvalue weighted by atomic mass is 9.74. The summed E-state index contributed by atoms with van der Waals surface area (Å²) in [6.45, 7) is 0. The third-order valence-electron chi connectivity index (χ3n) is 6.99. The summed E-state index contributed by atoms with van der Waals surface area (Å²) in [6.07, 6.45) is -0.271. The Morgan fingerprint density at radius 1 is 0.500 bits per heavy atom. The minimum atomic E-state index is -0.135. The molecule has 0 unspecified atom stereocenters. The van der Waals surface area contributed by atoms with E-state index in [1.165, 1.54) is 11.1 Å². The van der Waals surface area contributed by atoms with Crippen LogP contribution in [0.25, 0.3) is 0 Å². The lowest BCUT2D eigenvalue weighted by Gasteiger charge is -2.29. The van der Waals surface area contributed by atoms with E-state index in [9.17, 15) is 0 Å². The average molecular weight is 451 g/mol. The largest absolute Gasteiger partial charge is 0.497 e. The van der Waals surface area contributed by atoms with Gasteiger partial charge in [-0.25, -0.2) is 0 Å². The Labute approximate surface area is 199 Å². The van der Waals surface area contributed by atoms with Gasteiger partial charge in [0.25, 0.3) is 0 Å². The summed E-state index contributed by atoms with van der Waals surface area (Å²) < 4.78 is 24.0. The number of methoxy groups -OCH3 is 2. The standard InChI is InChI=1S/C30H26O4/c1-31-21-15-11-19(12-16-21)29-27(23-7-3-5-9-25(23)33-29)28-24-8-4-6-10-26(24)34-30(28)20-13-17-22(32-2)18-14-20/h3-18,27-30H,1-2H3/t27-,28-,29-,30-/m0/s1. The van der Waals surface area contributed by atoms with E-state index in [0.717, 1.165) is 34.1 Å². The number of hydrogen-bond donors (Lipinski definition) is 0. The second-order valence-corrected chi connectivity index (χ2v) is 8.75. The third kappa shape index (κ3) is 3.38. The van der Waals surface area contributed by atoms with Gasteiger partial charge in [0.1, 0.15) is 35.2 Å². The Bertz CT molecular complexity index is 1190. The number of para-hydroxylation sites is 2. The van der Waals surface area contributed by atoms with Gasteiger partial charge in [-0.05, 0) is 47.5 Å². The van der Waals surface area contributed by atoms with Crippen LogP contribution in [-0.4, -0.2) is 14.2 Å². The predicted molar refractivity (Wildman–Crippen MR) is 131 cm³/mol. The van der Waals surface area contributed by atoms with Crippen LogP contribution in [0.5, 0.6) is 23.0 Å². The molecule has 4 aromatic rings. The number of hydrogen-bond acceptors (Lipinski definition) is 4. The minimum absolute atomic E-state index is 0.0837. The maximum atomic E-state index is 6.61. The summed E-state index contributed by atoms with van der Waals surface area (Å²) in [6, 6.07) is 33.2. The Balaban J connectivity index is 1.49. The van der Waals surface area contributed by atoms with E-state index in [4.69, 9.17) is 18.9 Å². The van der Waals surface area contributed by atoms with Crippen molar-refractivity contribution in [1.82, 2.24) is 0 Å². The first kappa shape index (κ1) is 20.7. The number of fused-ring (bicyclic) bond motifs is 2. The summed E-state index contributed by atoms with van der Waals surface area (Å²) in [4.78, 5) is 0. The van der Waals surface area contributed by atoms with Crippen LogP contribution in [0, 0.1) is 0 Å². The normalized spacial score (nSPS) is 22.3. The summed E-state index contributed by atoms with van der Waals surface area (Å²) in [5, 5.41) is 0. The van der Waals surface area contributed by atoms with Gasteiger partial charge in [0.15, 0.2) is 0 Å². The van der Waals surface area contributed by atoms with Crippen LogP contribution in [-0.2, 0) is 0 Å². The van der Waals surface area contributed by atoms with E-state index in [-0.39, 0.29) is 24.0 Å². The maximum absolute atomic E-state index is 6.61. The molecule has 2 heterocycles. The first-order chi connectivity index (χ1) is 16.8. The zero-order chi connectivity index (χ0) is 23.1. The Kier molecular flexibility index (Phi) is 5.14. The fourth-order valence-electron chi connectivity index (χ4n) is 5.37. The van der Waals surface area contributed by atoms with Gasteiger partial charge in [0.2, 0.25) is 0 Å². The molecule has 0 saturated carbocycles. The summed E-state index contributed by atoms with van der Waals surface area (Å²) in [7, 11) is 3.37. The highest BCUT2D eigenvalue weighted by atomic mass is 16.5. The van der Waals surface area contributed by atoms with Gasteiger partial charge in [-0.15, -0.1) is 0 Å². The molecule has 0 radical (unpaired) electrons. The van der Waals surface area contributed by atoms with E-state index >= 15 is 0 Å². The van der Waals surface area contributed by atoms with Gasteiger partial charge in [0, 0.05) is 23.0 Å². The van der Waals surface area contributed by atoms with Crippen molar-refractivity contribution in [2.24, 2.45) is 0 Å². The quantitative estimate of drug-likeness (QED) is 0.334. The molecular weight excluding hydrogens is 424 g/mol. The third-order valence-corrected chi connectivity index (χ3v) is 6.99. The van der Waals surface area contributed by atoms with Gasteiger partial charge < -0.3 is 18.9 Å². The van der Waals surface area contributed by atoms with E-state index in [1.54, 1.807) is 14.2 Å². The molecule has 0 N–H and O–H groups in total. The monoisotopic (exact) mass is 450 g/mol. The average Bonchev–Trinajstić information content (AvgIpc) is 3.47. The molecule has 4 atom stereocenters. The number of rotatable bonds is 5. The van der Waals surface area contributed by atoms with Gasteiger partial charge in [-0.3, -0.25) is 0 Å². The second-order valence-electron chi connectivity index (χ2n) is 8.75. The van der Waals surface area contributed by atoms with Crippen molar-refractivity contribution in [3.05, 3.63) is 119 Å². The van der Waals surface area contributed by atoms with Gasteiger partial charge in [-0.2, -0.15) is 0 Å². The summed E-state index contributed by atoms with van der Waals surface area (Å²) >= 11 is 0. The molecule has 4 heteroatoms. The molecule has 0 aromatic heterocycles. The van der Waals surface area contributed by atoms with Crippen LogP contribution < -0.4 is 18.9 Å². The molecule has 0 bridgehead atoms. The second kappa shape index (κ2) is 8.45. The fraction of sp³-hybridized carbons (Fsp3) is 0.200. The van der Waals surface area contributed by atoms with E-state index in [2.05, 4.69) is 60.7 Å². The van der Waals surface area contributed by atoms with Crippen LogP contribution in [0.15, 0.2) is 97.1 Å².